The summed E-state index contributed by atoms with van der Waals surface area (Å²) in [6.45, 7) is 3.66. The molecule has 0 saturated carbocycles. The fourth-order valence-electron chi connectivity index (χ4n) is 2.83. The molecule has 0 bridgehead atoms. The third-order valence-corrected chi connectivity index (χ3v) is 4.77. The van der Waals surface area contributed by atoms with Crippen LogP contribution in [0.25, 0.3) is 0 Å². The fourth-order valence-corrected chi connectivity index (χ4v) is 2.83. The van der Waals surface area contributed by atoms with E-state index in [1.807, 2.05) is 6.07 Å². The predicted octanol–water partition coefficient (Wildman–Crippen LogP) is -1.52. The van der Waals surface area contributed by atoms with Crippen LogP contribution >= 0.6 is 0 Å². The van der Waals surface area contributed by atoms with Crippen molar-refractivity contribution in [3.63, 3.8) is 0 Å². The SMILES string of the molecule is CCOC(=O)[C@H]1O[C@@H]1C(=O)N(CC(N)=O)NC(=O)[C@H](C)NC(=O)[C@H](C)NC(=O)OCc1ccccc1. The number of alkyl carbamates (subject to hydrolysis) is 1. The topological polar surface area (TPSA) is 199 Å². The number of nitrogens with one attached hydrogen (secondary N) is 3. The number of hydrogen-bond acceptors (Lipinski definition) is 9. The van der Waals surface area contributed by atoms with Crippen molar-refractivity contribution in [1.82, 2.24) is 21.1 Å². The van der Waals surface area contributed by atoms with Gasteiger partial charge in [-0.15, -0.1) is 0 Å². The van der Waals surface area contributed by atoms with Gasteiger partial charge >= 0.3 is 12.1 Å². The molecule has 1 aliphatic heterocycles. The number of primary amides is 1. The normalized spacial score (nSPS) is 17.5. The molecule has 1 heterocycles. The molecule has 196 valence electrons. The molecule has 2 rings (SSSR count). The minimum Gasteiger partial charge on any atom is -0.464 e. The molecule has 5 N–H and O–H groups in total. The van der Waals surface area contributed by atoms with Gasteiger partial charge in [-0.05, 0) is 26.3 Å². The van der Waals surface area contributed by atoms with E-state index in [0.29, 0.717) is 5.01 Å². The van der Waals surface area contributed by atoms with Gasteiger partial charge in [-0.2, -0.15) is 0 Å². The Morgan fingerprint density at radius 3 is 2.22 bits per heavy atom. The lowest BCUT2D eigenvalue weighted by atomic mass is 10.2. The highest BCUT2D eigenvalue weighted by Gasteiger charge is 2.53. The molecule has 0 radical (unpaired) electrons. The first kappa shape index (κ1) is 28.0. The van der Waals surface area contributed by atoms with Crippen molar-refractivity contribution in [2.24, 2.45) is 5.73 Å². The zero-order valence-corrected chi connectivity index (χ0v) is 20.0. The third-order valence-electron chi connectivity index (χ3n) is 4.77. The van der Waals surface area contributed by atoms with E-state index in [9.17, 15) is 28.8 Å². The van der Waals surface area contributed by atoms with Crippen LogP contribution in [0.3, 0.4) is 0 Å². The minimum absolute atomic E-state index is 0.00524. The quantitative estimate of drug-likeness (QED) is 0.156. The Hall–Kier alpha value is -4.20. The maximum Gasteiger partial charge on any atom is 0.408 e. The number of epoxide rings is 1. The number of ether oxygens (including phenoxy) is 3. The number of nitrogens with zero attached hydrogens (tertiary/aromatic N) is 1. The zero-order chi connectivity index (χ0) is 26.8. The van der Waals surface area contributed by atoms with E-state index in [2.05, 4.69) is 16.1 Å². The van der Waals surface area contributed by atoms with Crippen LogP contribution in [0.5, 0.6) is 0 Å². The van der Waals surface area contributed by atoms with E-state index in [0.717, 1.165) is 5.56 Å². The van der Waals surface area contributed by atoms with E-state index < -0.39 is 66.5 Å². The molecule has 0 unspecified atom stereocenters. The summed E-state index contributed by atoms with van der Waals surface area (Å²) in [6, 6.07) is 6.67. The van der Waals surface area contributed by atoms with E-state index >= 15 is 0 Å². The van der Waals surface area contributed by atoms with Gasteiger partial charge in [-0.25, -0.2) is 14.6 Å². The summed E-state index contributed by atoms with van der Waals surface area (Å²) in [6.07, 6.45) is -3.24. The first-order chi connectivity index (χ1) is 17.0. The van der Waals surface area contributed by atoms with Gasteiger partial charge in [-0.1, -0.05) is 30.3 Å². The van der Waals surface area contributed by atoms with Crippen LogP contribution in [-0.2, 0) is 44.8 Å². The average molecular weight is 508 g/mol. The van der Waals surface area contributed by atoms with Crippen LogP contribution in [0, 0.1) is 0 Å². The second-order valence-electron chi connectivity index (χ2n) is 7.75. The van der Waals surface area contributed by atoms with Crippen molar-refractivity contribution in [3.8, 4) is 0 Å². The molecule has 0 aliphatic carbocycles. The number of carbonyl (C=O) groups is 6. The molecule has 1 aliphatic rings. The lowest BCUT2D eigenvalue weighted by molar-refractivity contribution is -0.146. The first-order valence-corrected chi connectivity index (χ1v) is 11.0. The number of benzene rings is 1. The van der Waals surface area contributed by atoms with E-state index in [4.69, 9.17) is 19.9 Å². The number of hydrazine groups is 1. The van der Waals surface area contributed by atoms with Crippen LogP contribution in [0.2, 0.25) is 0 Å². The van der Waals surface area contributed by atoms with Gasteiger partial charge in [0, 0.05) is 0 Å². The summed E-state index contributed by atoms with van der Waals surface area (Å²) in [7, 11) is 0. The van der Waals surface area contributed by atoms with Crippen molar-refractivity contribution in [3.05, 3.63) is 35.9 Å². The van der Waals surface area contributed by atoms with Gasteiger partial charge in [0.15, 0.2) is 12.2 Å². The second kappa shape index (κ2) is 13.0. The summed E-state index contributed by atoms with van der Waals surface area (Å²) in [5.74, 6) is -4.18. The molecule has 4 atom stereocenters. The molecule has 0 spiro atoms. The second-order valence-corrected chi connectivity index (χ2v) is 7.75. The van der Waals surface area contributed by atoms with E-state index in [1.165, 1.54) is 13.8 Å². The van der Waals surface area contributed by atoms with Crippen LogP contribution in [0.15, 0.2) is 30.3 Å². The Kier molecular flexibility index (Phi) is 10.2. The van der Waals surface area contributed by atoms with Crippen molar-refractivity contribution >= 4 is 35.7 Å². The number of carbonyl (C=O) groups excluding carboxylic acids is 6. The van der Waals surface area contributed by atoms with E-state index in [1.54, 1.807) is 31.2 Å². The summed E-state index contributed by atoms with van der Waals surface area (Å²) in [4.78, 5) is 72.4. The largest absolute Gasteiger partial charge is 0.464 e. The Morgan fingerprint density at radius 1 is 0.972 bits per heavy atom. The molecule has 1 saturated heterocycles. The molecule has 36 heavy (non-hydrogen) atoms. The van der Waals surface area contributed by atoms with Gasteiger partial charge in [0.1, 0.15) is 25.2 Å². The number of hydrogen-bond donors (Lipinski definition) is 4. The molecular formula is C22H29N5O9. The summed E-state index contributed by atoms with van der Waals surface area (Å²) in [5.41, 5.74) is 8.06. The molecule has 14 heteroatoms. The number of esters is 1. The highest BCUT2D eigenvalue weighted by Crippen LogP contribution is 2.25. The molecule has 1 fully saturated rings. The Labute approximate surface area is 206 Å². The lowest BCUT2D eigenvalue weighted by Gasteiger charge is -2.24. The van der Waals surface area contributed by atoms with Crippen LogP contribution in [0.1, 0.15) is 26.3 Å². The maximum absolute atomic E-state index is 12.6. The highest BCUT2D eigenvalue weighted by molar-refractivity contribution is 5.96. The standard InChI is InChI=1S/C22H29N5O9/c1-4-34-21(32)17-16(36-17)20(31)27(10-15(23)28)26-19(30)13(3)24-18(29)12(2)25-22(33)35-11-14-8-6-5-7-9-14/h5-9,12-13,16-17H,4,10-11H2,1-3H3,(H2,23,28)(H,24,29)(H,25,33)(H,26,30)/t12-,13-,16-,17-/m0/s1. The number of amides is 5. The molecule has 1 aromatic rings. The van der Waals surface area contributed by atoms with Gasteiger partial charge < -0.3 is 30.6 Å². The average Bonchev–Trinajstić information content (AvgIpc) is 3.63. The first-order valence-electron chi connectivity index (χ1n) is 11.0. The van der Waals surface area contributed by atoms with Gasteiger partial charge in [-0.3, -0.25) is 24.6 Å². The molecule has 1 aromatic carbocycles. The van der Waals surface area contributed by atoms with Crippen molar-refractivity contribution in [2.45, 2.75) is 51.7 Å². The predicted molar refractivity (Wildman–Crippen MR) is 121 cm³/mol. The minimum atomic E-state index is -1.25. The monoisotopic (exact) mass is 507 g/mol. The van der Waals surface area contributed by atoms with Gasteiger partial charge in [0.05, 0.1) is 6.61 Å². The summed E-state index contributed by atoms with van der Waals surface area (Å²) >= 11 is 0. The number of nitrogens with two attached hydrogens (primary N) is 1. The van der Waals surface area contributed by atoms with Crippen molar-refractivity contribution < 1.29 is 43.0 Å². The third kappa shape index (κ3) is 8.54. The van der Waals surface area contributed by atoms with Crippen molar-refractivity contribution in [1.29, 1.82) is 0 Å². The smallest absolute Gasteiger partial charge is 0.408 e. The molecule has 14 nitrogen and oxygen atoms in total. The summed E-state index contributed by atoms with van der Waals surface area (Å²) in [5, 5.41) is 5.30. The number of rotatable bonds is 11. The Bertz CT molecular complexity index is 987. The fraction of sp³-hybridized carbons (Fsp3) is 0.455. The molecule has 0 aromatic heterocycles. The van der Waals surface area contributed by atoms with Crippen molar-refractivity contribution in [2.75, 3.05) is 13.2 Å². The van der Waals surface area contributed by atoms with Crippen LogP contribution in [-0.4, -0.2) is 78.1 Å². The van der Waals surface area contributed by atoms with Crippen LogP contribution < -0.4 is 21.8 Å². The van der Waals surface area contributed by atoms with Crippen LogP contribution in [0.4, 0.5) is 4.79 Å². The maximum atomic E-state index is 12.6. The summed E-state index contributed by atoms with van der Waals surface area (Å²) < 4.78 is 14.8. The molecule has 5 amide bonds. The highest BCUT2D eigenvalue weighted by atomic mass is 16.6. The Balaban J connectivity index is 1.85. The molecular weight excluding hydrogens is 478 g/mol. The lowest BCUT2D eigenvalue weighted by Crippen LogP contribution is -2.57. The Morgan fingerprint density at radius 2 is 1.61 bits per heavy atom. The van der Waals surface area contributed by atoms with Gasteiger partial charge in [0.25, 0.3) is 11.8 Å². The zero-order valence-electron chi connectivity index (χ0n) is 20.0. The van der Waals surface area contributed by atoms with E-state index in [-0.39, 0.29) is 13.2 Å². The van der Waals surface area contributed by atoms with Gasteiger partial charge in [0.2, 0.25) is 11.8 Å².